The van der Waals surface area contributed by atoms with Gasteiger partial charge in [0.1, 0.15) is 0 Å². The third-order valence-corrected chi connectivity index (χ3v) is 4.09. The Balaban J connectivity index is 2.60. The number of ether oxygens (including phenoxy) is 1. The molecule has 0 spiro atoms. The van der Waals surface area contributed by atoms with Gasteiger partial charge in [0.25, 0.3) is 0 Å². The summed E-state index contributed by atoms with van der Waals surface area (Å²) in [6.07, 6.45) is 1.68. The minimum atomic E-state index is -0.865. The van der Waals surface area contributed by atoms with Crippen LogP contribution >= 0.6 is 0 Å². The number of nitrogens with one attached hydrogen (secondary N) is 2. The number of carbonyl (C=O) groups excluding carboxylic acids is 1. The molecule has 0 bridgehead atoms. The van der Waals surface area contributed by atoms with Crippen molar-refractivity contribution < 1.29 is 19.4 Å². The molecule has 1 aromatic rings. The Kier molecular flexibility index (Phi) is 8.41. The minimum absolute atomic E-state index is 0.0179. The SMILES string of the molecule is COC(C)(C)CC(C)NC(=O)NC(CCC(=O)O)Cc1ccccc1. The normalized spacial score (nSPS) is 13.8. The average molecular weight is 350 g/mol. The monoisotopic (exact) mass is 350 g/mol. The molecule has 0 saturated carbocycles. The van der Waals surface area contributed by atoms with E-state index in [-0.39, 0.29) is 30.1 Å². The van der Waals surface area contributed by atoms with Crippen molar-refractivity contribution in [1.29, 1.82) is 0 Å². The van der Waals surface area contributed by atoms with E-state index in [0.717, 1.165) is 5.56 Å². The Morgan fingerprint density at radius 2 is 1.84 bits per heavy atom. The smallest absolute Gasteiger partial charge is 0.315 e. The first kappa shape index (κ1) is 21.0. The molecule has 0 heterocycles. The van der Waals surface area contributed by atoms with Gasteiger partial charge in [-0.1, -0.05) is 30.3 Å². The van der Waals surface area contributed by atoms with Crippen LogP contribution in [0.2, 0.25) is 0 Å². The van der Waals surface area contributed by atoms with Crippen molar-refractivity contribution in [2.75, 3.05) is 7.11 Å². The number of urea groups is 1. The first-order valence-corrected chi connectivity index (χ1v) is 8.60. The van der Waals surface area contributed by atoms with E-state index < -0.39 is 5.97 Å². The molecule has 3 N–H and O–H groups in total. The second-order valence-corrected chi connectivity index (χ2v) is 7.01. The Bertz CT molecular complexity index is 546. The van der Waals surface area contributed by atoms with Crippen molar-refractivity contribution in [3.8, 4) is 0 Å². The molecule has 6 nitrogen and oxygen atoms in total. The van der Waals surface area contributed by atoms with E-state index >= 15 is 0 Å². The van der Waals surface area contributed by atoms with Gasteiger partial charge in [-0.3, -0.25) is 4.79 Å². The Labute approximate surface area is 150 Å². The van der Waals surface area contributed by atoms with Gasteiger partial charge < -0.3 is 20.5 Å². The lowest BCUT2D eigenvalue weighted by Gasteiger charge is -2.28. The van der Waals surface area contributed by atoms with E-state index in [1.807, 2.05) is 51.1 Å². The van der Waals surface area contributed by atoms with Crippen molar-refractivity contribution >= 4 is 12.0 Å². The average Bonchev–Trinajstić information content (AvgIpc) is 2.52. The van der Waals surface area contributed by atoms with Crippen molar-refractivity contribution in [1.82, 2.24) is 10.6 Å². The first-order valence-electron chi connectivity index (χ1n) is 8.60. The minimum Gasteiger partial charge on any atom is -0.481 e. The van der Waals surface area contributed by atoms with Crippen LogP contribution in [0.5, 0.6) is 0 Å². The highest BCUT2D eigenvalue weighted by atomic mass is 16.5. The van der Waals surface area contributed by atoms with E-state index in [1.165, 1.54) is 0 Å². The second-order valence-electron chi connectivity index (χ2n) is 7.01. The summed E-state index contributed by atoms with van der Waals surface area (Å²) >= 11 is 0. The van der Waals surface area contributed by atoms with Gasteiger partial charge in [-0.2, -0.15) is 0 Å². The Hall–Kier alpha value is -2.08. The van der Waals surface area contributed by atoms with E-state index in [1.54, 1.807) is 7.11 Å². The summed E-state index contributed by atoms with van der Waals surface area (Å²) in [5, 5.41) is 14.7. The molecule has 0 aliphatic heterocycles. The van der Waals surface area contributed by atoms with E-state index in [9.17, 15) is 9.59 Å². The van der Waals surface area contributed by atoms with E-state index in [0.29, 0.717) is 19.3 Å². The second kappa shape index (κ2) is 10.0. The summed E-state index contributed by atoms with van der Waals surface area (Å²) in [5.41, 5.74) is 0.742. The number of methoxy groups -OCH3 is 1. The van der Waals surface area contributed by atoms with Gasteiger partial charge >= 0.3 is 12.0 Å². The summed E-state index contributed by atoms with van der Waals surface area (Å²) in [6.45, 7) is 5.85. The number of amides is 2. The number of carboxylic acid groups (broad SMARTS) is 1. The number of benzene rings is 1. The van der Waals surface area contributed by atoms with Crippen molar-refractivity contribution in [2.45, 2.75) is 64.1 Å². The van der Waals surface area contributed by atoms with Gasteiger partial charge in [0, 0.05) is 25.6 Å². The fourth-order valence-corrected chi connectivity index (χ4v) is 2.74. The van der Waals surface area contributed by atoms with E-state index in [4.69, 9.17) is 9.84 Å². The predicted molar refractivity (Wildman–Crippen MR) is 97.6 cm³/mol. The van der Waals surface area contributed by atoms with Gasteiger partial charge in [-0.05, 0) is 45.6 Å². The first-order chi connectivity index (χ1) is 11.7. The number of aliphatic carboxylic acids is 1. The molecule has 0 radical (unpaired) electrons. The third-order valence-electron chi connectivity index (χ3n) is 4.09. The number of hydrogen-bond acceptors (Lipinski definition) is 3. The molecular weight excluding hydrogens is 320 g/mol. The Morgan fingerprint density at radius 1 is 1.20 bits per heavy atom. The standard InChI is InChI=1S/C19H30N2O4/c1-14(13-19(2,3)25-4)20-18(24)21-16(10-11-17(22)23)12-15-8-6-5-7-9-15/h5-9,14,16H,10-13H2,1-4H3,(H,22,23)(H2,20,21,24). The summed E-state index contributed by atoms with van der Waals surface area (Å²) in [6, 6.07) is 9.14. The van der Waals surface area contributed by atoms with Gasteiger partial charge in [-0.15, -0.1) is 0 Å². The zero-order chi connectivity index (χ0) is 18.9. The van der Waals surface area contributed by atoms with Crippen molar-refractivity contribution in [3.63, 3.8) is 0 Å². The zero-order valence-electron chi connectivity index (χ0n) is 15.5. The Morgan fingerprint density at radius 3 is 2.40 bits per heavy atom. The molecule has 25 heavy (non-hydrogen) atoms. The lowest BCUT2D eigenvalue weighted by atomic mass is 10.00. The summed E-state index contributed by atoms with van der Waals surface area (Å²) in [7, 11) is 1.65. The van der Waals surface area contributed by atoms with Crippen molar-refractivity contribution in [2.24, 2.45) is 0 Å². The predicted octanol–water partition coefficient (Wildman–Crippen LogP) is 2.97. The molecule has 0 saturated heterocycles. The quantitative estimate of drug-likeness (QED) is 0.605. The van der Waals surface area contributed by atoms with E-state index in [2.05, 4.69) is 10.6 Å². The molecule has 140 valence electrons. The molecule has 2 amide bonds. The van der Waals surface area contributed by atoms with Crippen LogP contribution in [0.15, 0.2) is 30.3 Å². The molecule has 0 aliphatic rings. The number of rotatable bonds is 10. The largest absolute Gasteiger partial charge is 0.481 e. The van der Waals surface area contributed by atoms with Gasteiger partial charge in [0.05, 0.1) is 5.60 Å². The maximum atomic E-state index is 12.3. The third kappa shape index (κ3) is 9.10. The highest BCUT2D eigenvalue weighted by Gasteiger charge is 2.22. The number of carboxylic acids is 1. The molecule has 0 fully saturated rings. The summed E-state index contributed by atoms with van der Waals surface area (Å²) in [5.74, 6) is -0.865. The molecule has 0 aromatic heterocycles. The number of carbonyl (C=O) groups is 2. The fourth-order valence-electron chi connectivity index (χ4n) is 2.74. The van der Waals surface area contributed by atoms with Crippen LogP contribution in [-0.4, -0.2) is 41.9 Å². The van der Waals surface area contributed by atoms with Gasteiger partial charge in [0.15, 0.2) is 0 Å². The van der Waals surface area contributed by atoms with Crippen LogP contribution in [0.1, 0.15) is 45.6 Å². The molecule has 1 rings (SSSR count). The van der Waals surface area contributed by atoms with Crippen LogP contribution in [0.4, 0.5) is 4.79 Å². The summed E-state index contributed by atoms with van der Waals surface area (Å²) in [4.78, 5) is 23.1. The molecule has 0 aliphatic carbocycles. The highest BCUT2D eigenvalue weighted by Crippen LogP contribution is 2.15. The highest BCUT2D eigenvalue weighted by molar-refractivity contribution is 5.74. The van der Waals surface area contributed by atoms with Crippen LogP contribution in [0.25, 0.3) is 0 Å². The molecule has 1 aromatic carbocycles. The maximum absolute atomic E-state index is 12.3. The van der Waals surface area contributed by atoms with Crippen LogP contribution in [-0.2, 0) is 16.0 Å². The molecule has 6 heteroatoms. The van der Waals surface area contributed by atoms with Crippen LogP contribution in [0.3, 0.4) is 0 Å². The lowest BCUT2D eigenvalue weighted by Crippen LogP contribution is -2.48. The van der Waals surface area contributed by atoms with Crippen LogP contribution in [0, 0.1) is 0 Å². The number of hydrogen-bond donors (Lipinski definition) is 3. The maximum Gasteiger partial charge on any atom is 0.315 e. The zero-order valence-corrected chi connectivity index (χ0v) is 15.5. The topological polar surface area (TPSA) is 87.7 Å². The van der Waals surface area contributed by atoms with Gasteiger partial charge in [0.2, 0.25) is 0 Å². The molecular formula is C19H30N2O4. The molecule has 2 atom stereocenters. The van der Waals surface area contributed by atoms with Gasteiger partial charge in [-0.25, -0.2) is 4.79 Å². The lowest BCUT2D eigenvalue weighted by molar-refractivity contribution is -0.137. The van der Waals surface area contributed by atoms with Crippen LogP contribution < -0.4 is 10.6 Å². The fraction of sp³-hybridized carbons (Fsp3) is 0.579. The van der Waals surface area contributed by atoms with Crippen molar-refractivity contribution in [3.05, 3.63) is 35.9 Å². The summed E-state index contributed by atoms with van der Waals surface area (Å²) < 4.78 is 5.38. The molecule has 2 unspecified atom stereocenters.